The van der Waals surface area contributed by atoms with Crippen LogP contribution < -0.4 is 5.32 Å². The molecule has 0 fully saturated rings. The molecule has 18 heavy (non-hydrogen) atoms. The molecule has 0 bridgehead atoms. The van der Waals surface area contributed by atoms with E-state index in [2.05, 4.69) is 23.4 Å². The van der Waals surface area contributed by atoms with Crippen LogP contribution in [0.2, 0.25) is 0 Å². The van der Waals surface area contributed by atoms with E-state index in [0.717, 1.165) is 25.2 Å². The fourth-order valence-electron chi connectivity index (χ4n) is 2.01. The van der Waals surface area contributed by atoms with Crippen LogP contribution >= 0.6 is 0 Å². The molecule has 5 nitrogen and oxygen atoms in total. The average Bonchev–Trinajstić information content (AvgIpc) is 2.56. The smallest absolute Gasteiger partial charge is 0.0791 e. The van der Waals surface area contributed by atoms with Crippen molar-refractivity contribution < 1.29 is 5.11 Å². The van der Waals surface area contributed by atoms with Crippen molar-refractivity contribution in [3.05, 3.63) is 17.5 Å². The Morgan fingerprint density at radius 1 is 1.44 bits per heavy atom. The largest absolute Gasteiger partial charge is 0.390 e. The quantitative estimate of drug-likeness (QED) is 0.660. The van der Waals surface area contributed by atoms with Gasteiger partial charge in [-0.2, -0.15) is 5.10 Å². The highest BCUT2D eigenvalue weighted by molar-refractivity contribution is 5.06. The van der Waals surface area contributed by atoms with Crippen LogP contribution in [0.3, 0.4) is 0 Å². The normalized spacial score (nSPS) is 13.2. The molecule has 0 radical (unpaired) electrons. The summed E-state index contributed by atoms with van der Waals surface area (Å²) in [7, 11) is 3.93. The third-order valence-corrected chi connectivity index (χ3v) is 2.78. The maximum Gasteiger partial charge on any atom is 0.0791 e. The first-order valence-corrected chi connectivity index (χ1v) is 6.53. The van der Waals surface area contributed by atoms with Gasteiger partial charge in [0.15, 0.2) is 0 Å². The summed E-state index contributed by atoms with van der Waals surface area (Å²) in [5, 5.41) is 17.3. The van der Waals surface area contributed by atoms with Crippen LogP contribution in [-0.4, -0.2) is 59.6 Å². The van der Waals surface area contributed by atoms with Crippen molar-refractivity contribution in [2.45, 2.75) is 32.9 Å². The van der Waals surface area contributed by atoms with Crippen LogP contribution in [0, 0.1) is 13.8 Å². The number of rotatable bonds is 8. The standard InChI is InChI=1S/C13H26N4O/c1-11-8-12(2)17(15-11)7-5-6-14-9-13(18)10-16(3)4/h8,13-14,18H,5-7,9-10H2,1-4H3. The van der Waals surface area contributed by atoms with Crippen molar-refractivity contribution in [3.63, 3.8) is 0 Å². The molecule has 0 aliphatic carbocycles. The molecule has 0 saturated carbocycles. The highest BCUT2D eigenvalue weighted by atomic mass is 16.3. The molecular weight excluding hydrogens is 228 g/mol. The van der Waals surface area contributed by atoms with Crippen molar-refractivity contribution in [1.82, 2.24) is 20.0 Å². The zero-order valence-electron chi connectivity index (χ0n) is 12.0. The third kappa shape index (κ3) is 5.62. The molecule has 0 aliphatic heterocycles. The third-order valence-electron chi connectivity index (χ3n) is 2.78. The van der Waals surface area contributed by atoms with Crippen molar-refractivity contribution in [3.8, 4) is 0 Å². The zero-order chi connectivity index (χ0) is 13.5. The van der Waals surface area contributed by atoms with Crippen molar-refractivity contribution in [1.29, 1.82) is 0 Å². The molecule has 2 N–H and O–H groups in total. The van der Waals surface area contributed by atoms with E-state index in [1.165, 1.54) is 5.69 Å². The Bertz CT molecular complexity index is 349. The summed E-state index contributed by atoms with van der Waals surface area (Å²) in [4.78, 5) is 1.99. The molecule has 5 heteroatoms. The molecule has 1 aromatic rings. The highest BCUT2D eigenvalue weighted by Crippen LogP contribution is 2.02. The molecule has 0 amide bonds. The Labute approximate surface area is 110 Å². The van der Waals surface area contributed by atoms with Gasteiger partial charge in [0.1, 0.15) is 0 Å². The minimum atomic E-state index is -0.298. The van der Waals surface area contributed by atoms with Crippen LogP contribution in [0.25, 0.3) is 0 Å². The lowest BCUT2D eigenvalue weighted by molar-refractivity contribution is 0.135. The van der Waals surface area contributed by atoms with Crippen LogP contribution in [0.1, 0.15) is 17.8 Å². The van der Waals surface area contributed by atoms with Gasteiger partial charge in [-0.15, -0.1) is 0 Å². The lowest BCUT2D eigenvalue weighted by Crippen LogP contribution is -2.35. The second-order valence-electron chi connectivity index (χ2n) is 5.12. The molecule has 1 rings (SSSR count). The first kappa shape index (κ1) is 15.1. The zero-order valence-corrected chi connectivity index (χ0v) is 12.0. The number of aliphatic hydroxyl groups excluding tert-OH is 1. The number of aromatic nitrogens is 2. The van der Waals surface area contributed by atoms with Gasteiger partial charge in [-0.05, 0) is 47.0 Å². The summed E-state index contributed by atoms with van der Waals surface area (Å²) in [6.45, 7) is 7.27. The van der Waals surface area contributed by atoms with Crippen LogP contribution in [0.4, 0.5) is 0 Å². The first-order chi connectivity index (χ1) is 8.49. The second-order valence-corrected chi connectivity index (χ2v) is 5.12. The predicted octanol–water partition coefficient (Wildman–Crippen LogP) is 0.402. The van der Waals surface area contributed by atoms with Crippen LogP contribution in [-0.2, 0) is 6.54 Å². The van der Waals surface area contributed by atoms with Crippen LogP contribution in [0.5, 0.6) is 0 Å². The maximum atomic E-state index is 9.66. The molecular formula is C13H26N4O. The Balaban J connectivity index is 2.10. The second kappa shape index (κ2) is 7.51. The van der Waals surface area contributed by atoms with Gasteiger partial charge in [0.25, 0.3) is 0 Å². The topological polar surface area (TPSA) is 53.3 Å². The molecule has 104 valence electrons. The Morgan fingerprint density at radius 3 is 2.72 bits per heavy atom. The number of nitrogens with zero attached hydrogens (tertiary/aromatic N) is 3. The fourth-order valence-corrected chi connectivity index (χ4v) is 2.01. The Hall–Kier alpha value is -0.910. The summed E-state index contributed by atoms with van der Waals surface area (Å²) in [6.07, 6.45) is 0.727. The Kier molecular flexibility index (Phi) is 6.32. The molecule has 0 aliphatic rings. The predicted molar refractivity (Wildman–Crippen MR) is 73.7 cm³/mol. The van der Waals surface area contributed by atoms with E-state index in [9.17, 15) is 5.11 Å². The lowest BCUT2D eigenvalue weighted by atomic mass is 10.3. The molecule has 1 atom stereocenters. The lowest BCUT2D eigenvalue weighted by Gasteiger charge is -2.16. The number of nitrogens with one attached hydrogen (secondary N) is 1. The van der Waals surface area contributed by atoms with E-state index in [-0.39, 0.29) is 6.10 Å². The number of hydrogen-bond donors (Lipinski definition) is 2. The summed E-state index contributed by atoms with van der Waals surface area (Å²) >= 11 is 0. The number of likely N-dealkylation sites (N-methyl/N-ethyl adjacent to an activating group) is 1. The number of hydrogen-bond acceptors (Lipinski definition) is 4. The average molecular weight is 254 g/mol. The van der Waals surface area contributed by atoms with E-state index in [1.54, 1.807) is 0 Å². The van der Waals surface area contributed by atoms with Gasteiger partial charge < -0.3 is 15.3 Å². The van der Waals surface area contributed by atoms with Gasteiger partial charge in [0.05, 0.1) is 11.8 Å². The van der Waals surface area contributed by atoms with E-state index in [4.69, 9.17) is 0 Å². The van der Waals surface area contributed by atoms with E-state index in [1.807, 2.05) is 30.6 Å². The molecule has 1 heterocycles. The maximum absolute atomic E-state index is 9.66. The number of aryl methyl sites for hydroxylation is 3. The molecule has 0 aromatic carbocycles. The Morgan fingerprint density at radius 2 is 2.17 bits per heavy atom. The van der Waals surface area contributed by atoms with Gasteiger partial charge in [0, 0.05) is 25.3 Å². The van der Waals surface area contributed by atoms with Gasteiger partial charge in [-0.1, -0.05) is 0 Å². The van der Waals surface area contributed by atoms with Gasteiger partial charge >= 0.3 is 0 Å². The van der Waals surface area contributed by atoms with Crippen molar-refractivity contribution in [2.24, 2.45) is 0 Å². The fraction of sp³-hybridized carbons (Fsp3) is 0.769. The number of aliphatic hydroxyl groups is 1. The van der Waals surface area contributed by atoms with Crippen LogP contribution in [0.15, 0.2) is 6.07 Å². The summed E-state index contributed by atoms with van der Waals surface area (Å²) in [5.74, 6) is 0. The summed E-state index contributed by atoms with van der Waals surface area (Å²) in [6, 6.07) is 2.09. The molecule has 0 spiro atoms. The van der Waals surface area contributed by atoms with Gasteiger partial charge in [0.2, 0.25) is 0 Å². The van der Waals surface area contributed by atoms with E-state index < -0.39 is 0 Å². The monoisotopic (exact) mass is 254 g/mol. The van der Waals surface area contributed by atoms with Crippen molar-refractivity contribution in [2.75, 3.05) is 33.7 Å². The highest BCUT2D eigenvalue weighted by Gasteiger charge is 2.04. The first-order valence-electron chi connectivity index (χ1n) is 6.53. The van der Waals surface area contributed by atoms with Gasteiger partial charge in [-0.25, -0.2) is 0 Å². The van der Waals surface area contributed by atoms with E-state index in [0.29, 0.717) is 13.1 Å². The van der Waals surface area contributed by atoms with Gasteiger partial charge in [-0.3, -0.25) is 4.68 Å². The van der Waals surface area contributed by atoms with E-state index >= 15 is 0 Å². The molecule has 1 aromatic heterocycles. The molecule has 0 saturated heterocycles. The minimum Gasteiger partial charge on any atom is -0.390 e. The molecule has 1 unspecified atom stereocenters. The summed E-state index contributed by atoms with van der Waals surface area (Å²) in [5.41, 5.74) is 2.28. The SMILES string of the molecule is Cc1cc(C)n(CCCNCC(O)CN(C)C)n1. The summed E-state index contributed by atoms with van der Waals surface area (Å²) < 4.78 is 2.03. The van der Waals surface area contributed by atoms with Crippen molar-refractivity contribution >= 4 is 0 Å². The minimum absolute atomic E-state index is 0.298.